The monoisotopic (exact) mass is 557 g/mol. The highest BCUT2D eigenvalue weighted by Gasteiger charge is 2.23. The number of hydrogen-bond donors (Lipinski definition) is 3. The Bertz CT molecular complexity index is 825. The van der Waals surface area contributed by atoms with E-state index in [0.717, 1.165) is 56.6 Å². The second kappa shape index (κ2) is 13.7. The van der Waals surface area contributed by atoms with Crippen molar-refractivity contribution in [3.8, 4) is 0 Å². The SMILES string of the molecule is CCNC(=NCc1cccc(NC(C)=O)c1)NCC(c1cccs1)N1CCOCC1.I. The predicted molar refractivity (Wildman–Crippen MR) is 138 cm³/mol. The van der Waals surface area contributed by atoms with E-state index in [1.807, 2.05) is 24.3 Å². The summed E-state index contributed by atoms with van der Waals surface area (Å²) in [6, 6.07) is 12.4. The lowest BCUT2D eigenvalue weighted by molar-refractivity contribution is -0.114. The number of amides is 1. The van der Waals surface area contributed by atoms with Gasteiger partial charge in [-0.15, -0.1) is 35.3 Å². The molecular weight excluding hydrogens is 525 g/mol. The molecule has 7 nitrogen and oxygen atoms in total. The third-order valence-electron chi connectivity index (χ3n) is 4.83. The number of rotatable bonds is 8. The van der Waals surface area contributed by atoms with Crippen LogP contribution in [0.15, 0.2) is 46.8 Å². The van der Waals surface area contributed by atoms with Crippen LogP contribution in [0.4, 0.5) is 5.69 Å². The van der Waals surface area contributed by atoms with E-state index < -0.39 is 0 Å². The van der Waals surface area contributed by atoms with E-state index in [-0.39, 0.29) is 29.9 Å². The second-order valence-electron chi connectivity index (χ2n) is 7.14. The average molecular weight is 558 g/mol. The van der Waals surface area contributed by atoms with Crippen LogP contribution in [-0.4, -0.2) is 56.2 Å². The molecule has 1 saturated heterocycles. The predicted octanol–water partition coefficient (Wildman–Crippen LogP) is 3.45. The summed E-state index contributed by atoms with van der Waals surface area (Å²) in [5.74, 6) is 0.714. The zero-order chi connectivity index (χ0) is 21.2. The highest BCUT2D eigenvalue weighted by molar-refractivity contribution is 14.0. The van der Waals surface area contributed by atoms with Crippen molar-refractivity contribution in [3.63, 3.8) is 0 Å². The maximum absolute atomic E-state index is 11.3. The van der Waals surface area contributed by atoms with Gasteiger partial charge in [-0.05, 0) is 36.1 Å². The number of ether oxygens (including phenoxy) is 1. The molecule has 0 radical (unpaired) electrons. The Labute approximate surface area is 205 Å². The second-order valence-corrected chi connectivity index (χ2v) is 8.12. The fourth-order valence-corrected chi connectivity index (χ4v) is 4.30. The number of halogens is 1. The first-order valence-electron chi connectivity index (χ1n) is 10.4. The topological polar surface area (TPSA) is 78.0 Å². The van der Waals surface area contributed by atoms with E-state index in [9.17, 15) is 4.79 Å². The Morgan fingerprint density at radius 1 is 1.23 bits per heavy atom. The first-order valence-corrected chi connectivity index (χ1v) is 11.3. The molecule has 1 fully saturated rings. The molecule has 0 spiro atoms. The summed E-state index contributed by atoms with van der Waals surface area (Å²) in [4.78, 5) is 19.9. The van der Waals surface area contributed by atoms with E-state index in [2.05, 4.69) is 45.3 Å². The van der Waals surface area contributed by atoms with Crippen LogP contribution in [0.5, 0.6) is 0 Å². The zero-order valence-corrected chi connectivity index (χ0v) is 21.2. The molecule has 1 aliphatic heterocycles. The van der Waals surface area contributed by atoms with Crippen LogP contribution in [0.2, 0.25) is 0 Å². The van der Waals surface area contributed by atoms with Crippen molar-refractivity contribution in [1.82, 2.24) is 15.5 Å². The van der Waals surface area contributed by atoms with Gasteiger partial charge in [0.25, 0.3) is 0 Å². The summed E-state index contributed by atoms with van der Waals surface area (Å²) in [6.07, 6.45) is 0. The maximum Gasteiger partial charge on any atom is 0.221 e. The first-order chi connectivity index (χ1) is 14.7. The molecule has 0 saturated carbocycles. The van der Waals surface area contributed by atoms with Crippen molar-refractivity contribution in [2.45, 2.75) is 26.4 Å². The molecule has 1 atom stereocenters. The number of nitrogens with zero attached hydrogens (tertiary/aromatic N) is 2. The van der Waals surface area contributed by atoms with E-state index in [1.54, 1.807) is 11.3 Å². The molecule has 2 heterocycles. The molecule has 31 heavy (non-hydrogen) atoms. The van der Waals surface area contributed by atoms with Crippen LogP contribution in [0.25, 0.3) is 0 Å². The standard InChI is InChI=1S/C22H31N5O2S.HI/c1-3-23-22(24-15-18-6-4-7-19(14-18)26-17(2)28)25-16-20(21-8-5-13-30-21)27-9-11-29-12-10-27;/h4-8,13-14,20H,3,9-12,15-16H2,1-2H3,(H,26,28)(H2,23,24,25);1H. The number of nitrogens with one attached hydrogen (secondary N) is 3. The highest BCUT2D eigenvalue weighted by Crippen LogP contribution is 2.25. The van der Waals surface area contributed by atoms with Crippen molar-refractivity contribution in [1.29, 1.82) is 0 Å². The zero-order valence-electron chi connectivity index (χ0n) is 18.1. The van der Waals surface area contributed by atoms with Crippen LogP contribution in [0, 0.1) is 0 Å². The first kappa shape index (κ1) is 25.6. The lowest BCUT2D eigenvalue weighted by Gasteiger charge is -2.34. The Morgan fingerprint density at radius 2 is 2.03 bits per heavy atom. The summed E-state index contributed by atoms with van der Waals surface area (Å²) in [5.41, 5.74) is 1.83. The van der Waals surface area contributed by atoms with Crippen molar-refractivity contribution < 1.29 is 9.53 Å². The summed E-state index contributed by atoms with van der Waals surface area (Å²) >= 11 is 1.79. The summed E-state index contributed by atoms with van der Waals surface area (Å²) in [6.45, 7) is 9.11. The van der Waals surface area contributed by atoms with Gasteiger partial charge in [0.15, 0.2) is 5.96 Å². The minimum Gasteiger partial charge on any atom is -0.379 e. The molecule has 1 unspecified atom stereocenters. The van der Waals surface area contributed by atoms with E-state index in [0.29, 0.717) is 12.6 Å². The molecule has 1 aromatic carbocycles. The normalized spacial score (nSPS) is 15.6. The largest absolute Gasteiger partial charge is 0.379 e. The Balaban J connectivity index is 0.00000341. The van der Waals surface area contributed by atoms with Gasteiger partial charge in [-0.2, -0.15) is 0 Å². The maximum atomic E-state index is 11.3. The van der Waals surface area contributed by atoms with E-state index in [1.165, 1.54) is 11.8 Å². The molecule has 2 aromatic rings. The van der Waals surface area contributed by atoms with Crippen LogP contribution in [0.1, 0.15) is 30.3 Å². The fourth-order valence-electron chi connectivity index (χ4n) is 3.44. The molecule has 3 rings (SSSR count). The molecular formula is C22H32IN5O2S. The number of aliphatic imine (C=N–C) groups is 1. The fraction of sp³-hybridized carbons (Fsp3) is 0.455. The van der Waals surface area contributed by atoms with Gasteiger partial charge in [-0.25, -0.2) is 4.99 Å². The minimum atomic E-state index is -0.0756. The molecule has 170 valence electrons. The number of carbonyl (C=O) groups excluding carboxylic acids is 1. The molecule has 9 heteroatoms. The molecule has 0 bridgehead atoms. The van der Waals surface area contributed by atoms with Gasteiger partial charge in [0.2, 0.25) is 5.91 Å². The number of hydrogen-bond acceptors (Lipinski definition) is 5. The number of benzene rings is 1. The smallest absolute Gasteiger partial charge is 0.221 e. The van der Waals surface area contributed by atoms with Crippen molar-refractivity contribution in [3.05, 3.63) is 52.2 Å². The molecule has 1 amide bonds. The average Bonchev–Trinajstić information content (AvgIpc) is 3.27. The Morgan fingerprint density at radius 3 is 2.71 bits per heavy atom. The molecule has 0 aliphatic carbocycles. The lowest BCUT2D eigenvalue weighted by atomic mass is 10.2. The van der Waals surface area contributed by atoms with E-state index >= 15 is 0 Å². The molecule has 3 N–H and O–H groups in total. The van der Waals surface area contributed by atoms with Gasteiger partial charge in [-0.1, -0.05) is 18.2 Å². The van der Waals surface area contributed by atoms with Crippen LogP contribution < -0.4 is 16.0 Å². The lowest BCUT2D eigenvalue weighted by Crippen LogP contribution is -2.46. The molecule has 1 aliphatic rings. The summed E-state index contributed by atoms with van der Waals surface area (Å²) < 4.78 is 5.53. The van der Waals surface area contributed by atoms with Crippen LogP contribution >= 0.6 is 35.3 Å². The number of morpholine rings is 1. The van der Waals surface area contributed by atoms with Crippen LogP contribution in [-0.2, 0) is 16.1 Å². The third kappa shape index (κ3) is 8.40. The van der Waals surface area contributed by atoms with Gasteiger partial charge < -0.3 is 20.7 Å². The molecule has 1 aromatic heterocycles. The van der Waals surface area contributed by atoms with Gasteiger partial charge in [0.05, 0.1) is 25.8 Å². The number of carbonyl (C=O) groups is 1. The van der Waals surface area contributed by atoms with Crippen molar-refractivity contribution >= 4 is 52.9 Å². The summed E-state index contributed by atoms with van der Waals surface area (Å²) in [7, 11) is 0. The van der Waals surface area contributed by atoms with Gasteiger partial charge >= 0.3 is 0 Å². The number of thiophene rings is 1. The summed E-state index contributed by atoms with van der Waals surface area (Å²) in [5, 5.41) is 11.8. The highest BCUT2D eigenvalue weighted by atomic mass is 127. The quantitative estimate of drug-likeness (QED) is 0.264. The van der Waals surface area contributed by atoms with Gasteiger partial charge in [0.1, 0.15) is 0 Å². The Hall–Kier alpha value is -1.69. The van der Waals surface area contributed by atoms with Crippen molar-refractivity contribution in [2.75, 3.05) is 44.7 Å². The van der Waals surface area contributed by atoms with E-state index in [4.69, 9.17) is 9.73 Å². The number of guanidine groups is 1. The van der Waals surface area contributed by atoms with Gasteiger partial charge in [0, 0.05) is 43.7 Å². The minimum absolute atomic E-state index is 0. The third-order valence-corrected chi connectivity index (χ3v) is 5.81. The van der Waals surface area contributed by atoms with Gasteiger partial charge in [-0.3, -0.25) is 9.69 Å². The van der Waals surface area contributed by atoms with Crippen LogP contribution in [0.3, 0.4) is 0 Å². The number of anilines is 1. The van der Waals surface area contributed by atoms with Crippen molar-refractivity contribution in [2.24, 2.45) is 4.99 Å². The Kier molecular flexibility index (Phi) is 11.3.